The zero-order valence-corrected chi connectivity index (χ0v) is 10.6. The lowest BCUT2D eigenvalue weighted by molar-refractivity contribution is 0.112. The predicted octanol–water partition coefficient (Wildman–Crippen LogP) is 3.90. The van der Waals surface area contributed by atoms with Crippen LogP contribution in [-0.4, -0.2) is 11.3 Å². The highest BCUT2D eigenvalue weighted by molar-refractivity contribution is 5.77. The first kappa shape index (κ1) is 12.5. The van der Waals surface area contributed by atoms with E-state index in [2.05, 4.69) is 36.2 Å². The number of carbonyl (C=O) groups excluding carboxylic acids is 1. The minimum Gasteiger partial charge on any atom is -0.298 e. The molecule has 0 unspecified atom stereocenters. The summed E-state index contributed by atoms with van der Waals surface area (Å²) in [7, 11) is 0. The highest BCUT2D eigenvalue weighted by Gasteiger charge is 2.00. The molecule has 2 heteroatoms. The van der Waals surface area contributed by atoms with Gasteiger partial charge >= 0.3 is 0 Å². The molecule has 0 radical (unpaired) electrons. The molecule has 0 aliphatic carbocycles. The summed E-state index contributed by atoms with van der Waals surface area (Å²) in [6.45, 7) is 2.20. The van der Waals surface area contributed by atoms with E-state index in [1.165, 1.54) is 18.4 Å². The first-order valence-corrected chi connectivity index (χ1v) is 6.33. The highest BCUT2D eigenvalue weighted by Crippen LogP contribution is 2.20. The van der Waals surface area contributed by atoms with Gasteiger partial charge in [0, 0.05) is 23.5 Å². The minimum atomic E-state index is 0.613. The van der Waals surface area contributed by atoms with E-state index < -0.39 is 0 Å². The molecule has 1 heterocycles. The van der Waals surface area contributed by atoms with Gasteiger partial charge in [0.1, 0.15) is 0 Å². The summed E-state index contributed by atoms with van der Waals surface area (Å²) < 4.78 is 0. The Kier molecular flexibility index (Phi) is 4.24. The van der Waals surface area contributed by atoms with Crippen LogP contribution in [0.5, 0.6) is 0 Å². The highest BCUT2D eigenvalue weighted by atomic mass is 16.1. The van der Waals surface area contributed by atoms with Crippen molar-refractivity contribution in [3.05, 3.63) is 53.9 Å². The number of rotatable bonds is 5. The molecular weight excluding hydrogens is 222 g/mol. The van der Waals surface area contributed by atoms with Gasteiger partial charge in [-0.15, -0.1) is 0 Å². The molecule has 92 valence electrons. The van der Waals surface area contributed by atoms with Crippen molar-refractivity contribution < 1.29 is 4.79 Å². The van der Waals surface area contributed by atoms with Crippen molar-refractivity contribution >= 4 is 6.29 Å². The Morgan fingerprint density at radius 2 is 1.89 bits per heavy atom. The van der Waals surface area contributed by atoms with E-state index in [9.17, 15) is 4.79 Å². The van der Waals surface area contributed by atoms with Gasteiger partial charge in [-0.2, -0.15) is 0 Å². The van der Waals surface area contributed by atoms with Gasteiger partial charge in [0.25, 0.3) is 0 Å². The van der Waals surface area contributed by atoms with Crippen LogP contribution in [0, 0.1) is 0 Å². The summed E-state index contributed by atoms with van der Waals surface area (Å²) in [5.41, 5.74) is 4.07. The number of nitrogens with zero attached hydrogens (tertiary/aromatic N) is 1. The van der Waals surface area contributed by atoms with Crippen LogP contribution < -0.4 is 0 Å². The lowest BCUT2D eigenvalue weighted by Gasteiger charge is -2.04. The maximum Gasteiger partial charge on any atom is 0.151 e. The van der Waals surface area contributed by atoms with E-state index in [0.29, 0.717) is 5.56 Å². The second-order valence-corrected chi connectivity index (χ2v) is 4.43. The molecular formula is C16H17NO. The van der Waals surface area contributed by atoms with E-state index in [-0.39, 0.29) is 0 Å². The van der Waals surface area contributed by atoms with Crippen LogP contribution in [-0.2, 0) is 6.42 Å². The third-order valence-corrected chi connectivity index (χ3v) is 3.00. The molecule has 0 aliphatic heterocycles. The number of aryl methyl sites for hydroxylation is 1. The van der Waals surface area contributed by atoms with Crippen molar-refractivity contribution in [1.29, 1.82) is 0 Å². The molecule has 0 spiro atoms. The molecule has 0 atom stereocenters. The van der Waals surface area contributed by atoms with Crippen LogP contribution >= 0.6 is 0 Å². The van der Waals surface area contributed by atoms with Crippen LogP contribution in [0.2, 0.25) is 0 Å². The maximum atomic E-state index is 10.7. The number of carbonyl (C=O) groups is 1. The standard InChI is InChI=1S/C16H17NO/c1-2-3-4-13-5-7-15(8-6-13)16-9-14(12-18)10-17-11-16/h5-12H,2-4H2,1H3. The SMILES string of the molecule is CCCCc1ccc(-c2cncc(C=O)c2)cc1. The van der Waals surface area contributed by atoms with Crippen LogP contribution in [0.15, 0.2) is 42.7 Å². The molecule has 2 rings (SSSR count). The molecule has 0 bridgehead atoms. The molecule has 2 nitrogen and oxygen atoms in total. The van der Waals surface area contributed by atoms with E-state index in [1.807, 2.05) is 6.07 Å². The third-order valence-electron chi connectivity index (χ3n) is 3.00. The number of pyridine rings is 1. The molecule has 2 aromatic rings. The van der Waals surface area contributed by atoms with Crippen LogP contribution in [0.4, 0.5) is 0 Å². The lowest BCUT2D eigenvalue weighted by atomic mass is 10.0. The zero-order chi connectivity index (χ0) is 12.8. The summed E-state index contributed by atoms with van der Waals surface area (Å²) in [4.78, 5) is 14.8. The Labute approximate surface area is 108 Å². The Morgan fingerprint density at radius 3 is 2.56 bits per heavy atom. The Hall–Kier alpha value is -1.96. The number of aromatic nitrogens is 1. The molecule has 18 heavy (non-hydrogen) atoms. The minimum absolute atomic E-state index is 0.613. The average Bonchev–Trinajstić information content (AvgIpc) is 2.46. The fourth-order valence-electron chi connectivity index (χ4n) is 1.92. The first-order valence-electron chi connectivity index (χ1n) is 6.33. The van der Waals surface area contributed by atoms with Gasteiger partial charge in [-0.1, -0.05) is 37.6 Å². The Morgan fingerprint density at radius 1 is 1.11 bits per heavy atom. The number of aldehydes is 1. The van der Waals surface area contributed by atoms with Crippen molar-refractivity contribution in [3.8, 4) is 11.1 Å². The topological polar surface area (TPSA) is 30.0 Å². The number of unbranched alkanes of at least 4 members (excludes halogenated alkanes) is 1. The Bertz CT molecular complexity index is 517. The van der Waals surface area contributed by atoms with Gasteiger partial charge in [0.15, 0.2) is 6.29 Å². The third kappa shape index (κ3) is 3.04. The van der Waals surface area contributed by atoms with E-state index in [0.717, 1.165) is 23.8 Å². The van der Waals surface area contributed by atoms with Crippen LogP contribution in [0.3, 0.4) is 0 Å². The average molecular weight is 239 g/mol. The summed E-state index contributed by atoms with van der Waals surface area (Å²) in [6, 6.07) is 10.4. The van der Waals surface area contributed by atoms with Crippen LogP contribution in [0.25, 0.3) is 11.1 Å². The van der Waals surface area contributed by atoms with E-state index >= 15 is 0 Å². The maximum absolute atomic E-state index is 10.7. The van der Waals surface area contributed by atoms with Crippen molar-refractivity contribution in [2.75, 3.05) is 0 Å². The smallest absolute Gasteiger partial charge is 0.151 e. The van der Waals surface area contributed by atoms with Gasteiger partial charge in [-0.05, 0) is 30.0 Å². The quantitative estimate of drug-likeness (QED) is 0.740. The number of hydrogen-bond donors (Lipinski definition) is 0. The molecule has 0 amide bonds. The second-order valence-electron chi connectivity index (χ2n) is 4.43. The van der Waals surface area contributed by atoms with Crippen molar-refractivity contribution in [3.63, 3.8) is 0 Å². The lowest BCUT2D eigenvalue weighted by Crippen LogP contribution is -1.87. The van der Waals surface area contributed by atoms with Gasteiger partial charge < -0.3 is 0 Å². The van der Waals surface area contributed by atoms with Gasteiger partial charge in [-0.3, -0.25) is 9.78 Å². The summed E-state index contributed by atoms with van der Waals surface area (Å²) in [5.74, 6) is 0. The predicted molar refractivity (Wildman–Crippen MR) is 73.7 cm³/mol. The molecule has 0 aliphatic rings. The van der Waals surface area contributed by atoms with Gasteiger partial charge in [0.2, 0.25) is 0 Å². The molecule has 1 aromatic heterocycles. The molecule has 0 fully saturated rings. The van der Waals surface area contributed by atoms with Crippen molar-refractivity contribution in [1.82, 2.24) is 4.98 Å². The molecule has 0 N–H and O–H groups in total. The summed E-state index contributed by atoms with van der Waals surface area (Å²) in [5, 5.41) is 0. The fraction of sp³-hybridized carbons (Fsp3) is 0.250. The number of hydrogen-bond acceptors (Lipinski definition) is 2. The van der Waals surface area contributed by atoms with Gasteiger partial charge in [0.05, 0.1) is 0 Å². The molecule has 0 saturated carbocycles. The Balaban J connectivity index is 2.20. The van der Waals surface area contributed by atoms with E-state index in [4.69, 9.17) is 0 Å². The summed E-state index contributed by atoms with van der Waals surface area (Å²) >= 11 is 0. The van der Waals surface area contributed by atoms with Crippen LogP contribution in [0.1, 0.15) is 35.7 Å². The van der Waals surface area contributed by atoms with Crippen molar-refractivity contribution in [2.45, 2.75) is 26.2 Å². The largest absolute Gasteiger partial charge is 0.298 e. The summed E-state index contributed by atoms with van der Waals surface area (Å²) in [6.07, 6.45) is 7.75. The molecule has 1 aromatic carbocycles. The normalized spacial score (nSPS) is 10.3. The fourth-order valence-corrected chi connectivity index (χ4v) is 1.92. The monoisotopic (exact) mass is 239 g/mol. The first-order chi connectivity index (χ1) is 8.83. The second kappa shape index (κ2) is 6.10. The molecule has 0 saturated heterocycles. The van der Waals surface area contributed by atoms with Crippen molar-refractivity contribution in [2.24, 2.45) is 0 Å². The zero-order valence-electron chi connectivity index (χ0n) is 10.6. The van der Waals surface area contributed by atoms with Gasteiger partial charge in [-0.25, -0.2) is 0 Å². The number of benzene rings is 1. The van der Waals surface area contributed by atoms with E-state index in [1.54, 1.807) is 12.4 Å².